The van der Waals surface area contributed by atoms with E-state index >= 15 is 0 Å². The largest absolute Gasteiger partial charge is 0.421 e. The molecule has 6 nitrogen and oxygen atoms in total. The summed E-state index contributed by atoms with van der Waals surface area (Å²) in [7, 11) is 0. The molecule has 1 aromatic carbocycles. The van der Waals surface area contributed by atoms with Crippen LogP contribution in [0.25, 0.3) is 11.5 Å². The molecular formula is C19H21ClN4O2. The highest BCUT2D eigenvalue weighted by Gasteiger charge is 2.17. The van der Waals surface area contributed by atoms with Gasteiger partial charge in [0.2, 0.25) is 17.7 Å². The fourth-order valence-corrected chi connectivity index (χ4v) is 2.89. The second-order valence-corrected chi connectivity index (χ2v) is 6.57. The summed E-state index contributed by atoms with van der Waals surface area (Å²) in [5, 5.41) is 11.7. The molecule has 0 fully saturated rings. The monoisotopic (exact) mass is 372 g/mol. The maximum atomic E-state index is 12.3. The second-order valence-electron chi connectivity index (χ2n) is 6.13. The van der Waals surface area contributed by atoms with E-state index in [0.29, 0.717) is 29.8 Å². The number of carbonyl (C=O) groups excluding carboxylic acids is 1. The molecule has 0 radical (unpaired) electrons. The number of nitrogens with zero attached hydrogens (tertiary/aromatic N) is 3. The molecule has 1 N–H and O–H groups in total. The number of carbonyl (C=O) groups is 1. The highest BCUT2D eigenvalue weighted by atomic mass is 35.5. The molecule has 7 heteroatoms. The molecule has 0 bridgehead atoms. The molecule has 0 saturated heterocycles. The summed E-state index contributed by atoms with van der Waals surface area (Å²) in [6.45, 7) is 6.57. The van der Waals surface area contributed by atoms with Crippen LogP contribution in [0.4, 0.5) is 0 Å². The Morgan fingerprint density at radius 1 is 1.23 bits per heavy atom. The topological polar surface area (TPSA) is 73.0 Å². The van der Waals surface area contributed by atoms with Crippen molar-refractivity contribution in [2.75, 3.05) is 0 Å². The smallest absolute Gasteiger partial charge is 0.249 e. The van der Waals surface area contributed by atoms with Gasteiger partial charge in [0.1, 0.15) is 6.54 Å². The number of hydrogen-bond acceptors (Lipinski definition) is 4. The zero-order valence-electron chi connectivity index (χ0n) is 15.0. The van der Waals surface area contributed by atoms with Crippen molar-refractivity contribution in [1.29, 1.82) is 0 Å². The Labute approximate surface area is 157 Å². The van der Waals surface area contributed by atoms with E-state index < -0.39 is 0 Å². The van der Waals surface area contributed by atoms with Crippen LogP contribution in [0.5, 0.6) is 0 Å². The predicted molar refractivity (Wildman–Crippen MR) is 99.9 cm³/mol. The lowest BCUT2D eigenvalue weighted by Gasteiger charge is -2.10. The zero-order chi connectivity index (χ0) is 18.7. The summed E-state index contributed by atoms with van der Waals surface area (Å²) in [5.74, 6) is 1.03. The van der Waals surface area contributed by atoms with Crippen molar-refractivity contribution < 1.29 is 9.21 Å². The van der Waals surface area contributed by atoms with E-state index in [2.05, 4.69) is 15.5 Å². The van der Waals surface area contributed by atoms with E-state index in [1.807, 2.05) is 55.7 Å². The van der Waals surface area contributed by atoms with Crippen LogP contribution in [0.1, 0.15) is 29.8 Å². The minimum Gasteiger partial charge on any atom is -0.421 e. The number of amides is 1. The normalized spacial score (nSPS) is 10.9. The molecule has 0 atom stereocenters. The lowest BCUT2D eigenvalue weighted by Crippen LogP contribution is -2.27. The number of hydrogen-bond donors (Lipinski definition) is 1. The molecule has 0 aliphatic heterocycles. The fraction of sp³-hybridized carbons (Fsp3) is 0.316. The fourth-order valence-electron chi connectivity index (χ4n) is 2.77. The van der Waals surface area contributed by atoms with Crippen LogP contribution in [0.2, 0.25) is 5.02 Å². The Kier molecular flexibility index (Phi) is 5.42. The molecule has 0 unspecified atom stereocenters. The Balaban J connectivity index is 1.69. The summed E-state index contributed by atoms with van der Waals surface area (Å²) < 4.78 is 7.59. The van der Waals surface area contributed by atoms with E-state index in [-0.39, 0.29) is 12.5 Å². The molecule has 0 spiro atoms. The molecule has 0 saturated carbocycles. The summed E-state index contributed by atoms with van der Waals surface area (Å²) in [6.07, 6.45) is 0.693. The van der Waals surface area contributed by atoms with Gasteiger partial charge in [0.05, 0.1) is 5.56 Å². The SMILES string of the molecule is CCc1nnc(-c2cc(C)n(CC(=O)NCc3ccc(Cl)cc3)c2C)o1. The molecular weight excluding hydrogens is 352 g/mol. The third-order valence-corrected chi connectivity index (χ3v) is 4.53. The van der Waals surface area contributed by atoms with Crippen LogP contribution in [-0.2, 0) is 24.3 Å². The molecule has 26 heavy (non-hydrogen) atoms. The maximum absolute atomic E-state index is 12.3. The van der Waals surface area contributed by atoms with Gasteiger partial charge < -0.3 is 14.3 Å². The third-order valence-electron chi connectivity index (χ3n) is 4.28. The van der Waals surface area contributed by atoms with E-state index in [1.54, 1.807) is 0 Å². The van der Waals surface area contributed by atoms with Gasteiger partial charge >= 0.3 is 0 Å². The number of rotatable bonds is 6. The van der Waals surface area contributed by atoms with E-state index in [0.717, 1.165) is 22.5 Å². The Morgan fingerprint density at radius 2 is 1.96 bits per heavy atom. The van der Waals surface area contributed by atoms with E-state index in [4.69, 9.17) is 16.0 Å². The minimum atomic E-state index is -0.0620. The molecule has 1 amide bonds. The van der Waals surface area contributed by atoms with Gasteiger partial charge in [0, 0.05) is 29.4 Å². The number of nitrogens with one attached hydrogen (secondary N) is 1. The van der Waals surface area contributed by atoms with Crippen molar-refractivity contribution in [1.82, 2.24) is 20.1 Å². The lowest BCUT2D eigenvalue weighted by atomic mass is 10.2. The molecule has 3 aromatic rings. The molecule has 2 heterocycles. The number of benzene rings is 1. The van der Waals surface area contributed by atoms with Gasteiger partial charge in [0.15, 0.2) is 0 Å². The van der Waals surface area contributed by atoms with Gasteiger partial charge in [-0.1, -0.05) is 30.7 Å². The van der Waals surface area contributed by atoms with Crippen LogP contribution >= 0.6 is 11.6 Å². The lowest BCUT2D eigenvalue weighted by molar-refractivity contribution is -0.121. The highest BCUT2D eigenvalue weighted by molar-refractivity contribution is 6.30. The quantitative estimate of drug-likeness (QED) is 0.716. The van der Waals surface area contributed by atoms with Crippen LogP contribution in [0.3, 0.4) is 0 Å². The summed E-state index contributed by atoms with van der Waals surface area (Å²) in [4.78, 5) is 12.3. The van der Waals surface area contributed by atoms with Gasteiger partial charge in [-0.3, -0.25) is 4.79 Å². The van der Waals surface area contributed by atoms with Crippen LogP contribution in [0.15, 0.2) is 34.7 Å². The average Bonchev–Trinajstić information content (AvgIpc) is 3.21. The molecule has 136 valence electrons. The average molecular weight is 373 g/mol. The van der Waals surface area contributed by atoms with Gasteiger partial charge in [-0.05, 0) is 37.6 Å². The number of aromatic nitrogens is 3. The van der Waals surface area contributed by atoms with Gasteiger partial charge in [-0.2, -0.15) is 0 Å². The summed E-state index contributed by atoms with van der Waals surface area (Å²) in [6, 6.07) is 9.38. The van der Waals surface area contributed by atoms with Crippen molar-refractivity contribution >= 4 is 17.5 Å². The van der Waals surface area contributed by atoms with Gasteiger partial charge in [-0.25, -0.2) is 0 Å². The first-order valence-corrected chi connectivity index (χ1v) is 8.86. The minimum absolute atomic E-state index is 0.0620. The first-order chi connectivity index (χ1) is 12.5. The molecule has 0 aliphatic rings. The Hall–Kier alpha value is -2.60. The van der Waals surface area contributed by atoms with Crippen molar-refractivity contribution in [2.45, 2.75) is 40.3 Å². The first kappa shape index (κ1) is 18.2. The van der Waals surface area contributed by atoms with Crippen molar-refractivity contribution in [3.63, 3.8) is 0 Å². The van der Waals surface area contributed by atoms with Crippen molar-refractivity contribution in [2.24, 2.45) is 0 Å². The second kappa shape index (κ2) is 7.74. The standard InChI is InChI=1S/C19H21ClN4O2/c1-4-18-22-23-19(26-18)16-9-12(2)24(13(16)3)11-17(25)21-10-14-5-7-15(20)8-6-14/h5-9H,4,10-11H2,1-3H3,(H,21,25). The summed E-state index contributed by atoms with van der Waals surface area (Å²) in [5.41, 5.74) is 3.76. The summed E-state index contributed by atoms with van der Waals surface area (Å²) >= 11 is 5.87. The zero-order valence-corrected chi connectivity index (χ0v) is 15.8. The number of halogens is 1. The van der Waals surface area contributed by atoms with E-state index in [1.165, 1.54) is 0 Å². The maximum Gasteiger partial charge on any atom is 0.249 e. The molecule has 3 rings (SSSR count). The van der Waals surface area contributed by atoms with Gasteiger partial charge in [0.25, 0.3) is 0 Å². The molecule has 0 aliphatic carbocycles. The Bertz CT molecular complexity index is 912. The Morgan fingerprint density at radius 3 is 2.62 bits per heavy atom. The van der Waals surface area contributed by atoms with Crippen molar-refractivity contribution in [3.8, 4) is 11.5 Å². The molecule has 2 aromatic heterocycles. The van der Waals surface area contributed by atoms with Crippen LogP contribution < -0.4 is 5.32 Å². The van der Waals surface area contributed by atoms with Crippen LogP contribution in [0, 0.1) is 13.8 Å². The van der Waals surface area contributed by atoms with Crippen molar-refractivity contribution in [3.05, 3.63) is 58.2 Å². The number of aryl methyl sites for hydroxylation is 2. The highest BCUT2D eigenvalue weighted by Crippen LogP contribution is 2.26. The van der Waals surface area contributed by atoms with Gasteiger partial charge in [-0.15, -0.1) is 10.2 Å². The third kappa shape index (κ3) is 3.96. The van der Waals surface area contributed by atoms with E-state index in [9.17, 15) is 4.79 Å². The predicted octanol–water partition coefficient (Wildman–Crippen LogP) is 3.69. The van der Waals surface area contributed by atoms with Crippen LogP contribution in [-0.4, -0.2) is 20.7 Å². The first-order valence-electron chi connectivity index (χ1n) is 8.48.